The molecule has 4 aromatic rings. The van der Waals surface area contributed by atoms with Gasteiger partial charge in [0.1, 0.15) is 29.3 Å². The van der Waals surface area contributed by atoms with Gasteiger partial charge in [-0.2, -0.15) is 0 Å². The maximum atomic E-state index is 12.4. The minimum atomic E-state index is -0.557. The molecule has 0 bridgehead atoms. The molecule has 0 unspecified atom stereocenters. The van der Waals surface area contributed by atoms with E-state index in [0.29, 0.717) is 18.9 Å². The van der Waals surface area contributed by atoms with Gasteiger partial charge in [0, 0.05) is 18.3 Å². The summed E-state index contributed by atoms with van der Waals surface area (Å²) in [5, 5.41) is 2.59. The summed E-state index contributed by atoms with van der Waals surface area (Å²) in [7, 11) is 0. The van der Waals surface area contributed by atoms with Gasteiger partial charge in [-0.05, 0) is 63.4 Å². The predicted octanol–water partition coefficient (Wildman–Crippen LogP) is 5.61. The van der Waals surface area contributed by atoms with Crippen LogP contribution in [-0.2, 0) is 9.63 Å². The fourth-order valence-electron chi connectivity index (χ4n) is 4.42. The lowest BCUT2D eigenvalue weighted by atomic mass is 9.98. The normalized spacial score (nSPS) is 16.7. The van der Waals surface area contributed by atoms with Gasteiger partial charge < -0.3 is 19.9 Å². The number of carbonyl (C=O) groups excluding carboxylic acids is 1. The van der Waals surface area contributed by atoms with E-state index < -0.39 is 5.41 Å². The maximum absolute atomic E-state index is 12.4. The van der Waals surface area contributed by atoms with Crippen LogP contribution >= 0.6 is 0 Å². The molecular formula is C28H31N5O3. The van der Waals surface area contributed by atoms with Crippen LogP contribution in [0, 0.1) is 5.41 Å². The minimum absolute atomic E-state index is 0.0813. The van der Waals surface area contributed by atoms with Crippen molar-refractivity contribution in [1.29, 1.82) is 0 Å². The van der Waals surface area contributed by atoms with Crippen LogP contribution in [0.5, 0.6) is 11.5 Å². The highest BCUT2D eigenvalue weighted by Gasteiger charge is 2.30. The zero-order valence-electron chi connectivity index (χ0n) is 20.8. The Labute approximate surface area is 210 Å². The average molecular weight is 486 g/mol. The third kappa shape index (κ3) is 4.90. The number of nitrogen functional groups attached to an aromatic ring is 1. The Balaban J connectivity index is 1.44. The lowest BCUT2D eigenvalue weighted by molar-refractivity contribution is -0.206. The first kappa shape index (κ1) is 23.8. The zero-order chi connectivity index (χ0) is 25.3. The van der Waals surface area contributed by atoms with Crippen molar-refractivity contribution in [2.75, 3.05) is 18.8 Å². The number of rotatable bonds is 5. The number of anilines is 1. The largest absolute Gasteiger partial charge is 0.457 e. The number of aromatic nitrogens is 3. The fraction of sp³-hybridized carbons (Fsp3) is 0.321. The Kier molecular flexibility index (Phi) is 6.36. The fourth-order valence-corrected chi connectivity index (χ4v) is 4.42. The third-order valence-corrected chi connectivity index (χ3v) is 6.36. The van der Waals surface area contributed by atoms with Gasteiger partial charge in [-0.1, -0.05) is 30.3 Å². The van der Waals surface area contributed by atoms with Crippen molar-refractivity contribution in [3.8, 4) is 22.6 Å². The number of fused-ring (bicyclic) bond motifs is 1. The van der Waals surface area contributed by atoms with Crippen molar-refractivity contribution < 1.29 is 14.4 Å². The Morgan fingerprint density at radius 1 is 1.03 bits per heavy atom. The number of piperidine rings is 1. The van der Waals surface area contributed by atoms with Crippen LogP contribution < -0.4 is 10.5 Å². The molecule has 2 aromatic carbocycles. The number of hydrogen-bond donors (Lipinski definition) is 1. The summed E-state index contributed by atoms with van der Waals surface area (Å²) < 4.78 is 8.09. The van der Waals surface area contributed by atoms with Crippen LogP contribution in [0.3, 0.4) is 0 Å². The van der Waals surface area contributed by atoms with Crippen LogP contribution in [0.25, 0.3) is 22.2 Å². The number of para-hydroxylation sites is 1. The number of nitrogens with two attached hydrogens (primary N) is 1. The molecule has 3 heterocycles. The SMILES string of the molecule is CC(C)(C)C(=O)ON1CCC[C@@H](n2cc(-c3ccc(Oc4ccccc4)cc3)c3c(N)ncnc32)C1. The molecular weight excluding hydrogens is 454 g/mol. The molecule has 8 heteroatoms. The predicted molar refractivity (Wildman–Crippen MR) is 139 cm³/mol. The van der Waals surface area contributed by atoms with Gasteiger partial charge in [-0.3, -0.25) is 0 Å². The van der Waals surface area contributed by atoms with Crippen molar-refractivity contribution >= 4 is 22.8 Å². The molecule has 1 saturated heterocycles. The summed E-state index contributed by atoms with van der Waals surface area (Å²) in [5.41, 5.74) is 8.51. The summed E-state index contributed by atoms with van der Waals surface area (Å²) in [6.45, 7) is 6.87. The average Bonchev–Trinajstić information content (AvgIpc) is 3.26. The number of nitrogens with zero attached hydrogens (tertiary/aromatic N) is 4. The van der Waals surface area contributed by atoms with Gasteiger partial charge in [0.05, 0.1) is 23.4 Å². The molecule has 8 nitrogen and oxygen atoms in total. The lowest BCUT2D eigenvalue weighted by Gasteiger charge is -2.33. The Morgan fingerprint density at radius 3 is 2.47 bits per heavy atom. The van der Waals surface area contributed by atoms with E-state index in [1.54, 1.807) is 5.06 Å². The molecule has 0 amide bonds. The van der Waals surface area contributed by atoms with Crippen LogP contribution in [0.1, 0.15) is 39.7 Å². The van der Waals surface area contributed by atoms with Crippen molar-refractivity contribution in [2.24, 2.45) is 5.41 Å². The monoisotopic (exact) mass is 485 g/mol. The summed E-state index contributed by atoms with van der Waals surface area (Å²) in [6.07, 6.45) is 5.43. The minimum Gasteiger partial charge on any atom is -0.457 e. The summed E-state index contributed by atoms with van der Waals surface area (Å²) in [5.74, 6) is 1.74. The quantitative estimate of drug-likeness (QED) is 0.392. The van der Waals surface area contributed by atoms with E-state index in [1.807, 2.05) is 75.4 Å². The Bertz CT molecular complexity index is 1360. The second kappa shape index (κ2) is 9.62. The topological polar surface area (TPSA) is 95.5 Å². The highest BCUT2D eigenvalue weighted by molar-refractivity contribution is 6.00. The number of ether oxygens (including phenoxy) is 1. The number of hydrogen-bond acceptors (Lipinski definition) is 7. The molecule has 0 spiro atoms. The summed E-state index contributed by atoms with van der Waals surface area (Å²) >= 11 is 0. The van der Waals surface area contributed by atoms with Crippen LogP contribution in [-0.4, -0.2) is 38.7 Å². The third-order valence-electron chi connectivity index (χ3n) is 6.36. The molecule has 1 aliphatic heterocycles. The molecule has 0 aliphatic carbocycles. The second-order valence-electron chi connectivity index (χ2n) is 10.2. The van der Waals surface area contributed by atoms with Gasteiger partial charge in [0.15, 0.2) is 0 Å². The zero-order valence-corrected chi connectivity index (χ0v) is 20.8. The molecule has 1 aliphatic rings. The van der Waals surface area contributed by atoms with Crippen LogP contribution in [0.15, 0.2) is 67.1 Å². The lowest BCUT2D eigenvalue weighted by Crippen LogP contribution is -2.40. The van der Waals surface area contributed by atoms with Gasteiger partial charge in [-0.25, -0.2) is 14.8 Å². The summed E-state index contributed by atoms with van der Waals surface area (Å²) in [4.78, 5) is 27.0. The number of carbonyl (C=O) groups is 1. The van der Waals surface area contributed by atoms with Crippen molar-refractivity contribution in [1.82, 2.24) is 19.6 Å². The molecule has 1 fully saturated rings. The Hall–Kier alpha value is -3.91. The molecule has 2 aromatic heterocycles. The molecule has 186 valence electrons. The molecule has 2 N–H and O–H groups in total. The maximum Gasteiger partial charge on any atom is 0.330 e. The first-order valence-corrected chi connectivity index (χ1v) is 12.2. The van der Waals surface area contributed by atoms with Crippen molar-refractivity contribution in [3.05, 3.63) is 67.1 Å². The molecule has 36 heavy (non-hydrogen) atoms. The van der Waals surface area contributed by atoms with E-state index in [4.69, 9.17) is 15.3 Å². The standard InChI is InChI=1S/C28H31N5O3/c1-28(2,3)27(34)36-32-15-7-8-20(16-32)33-17-23(24-25(29)30-18-31-26(24)33)19-11-13-22(14-12-19)35-21-9-5-4-6-10-21/h4-6,9-14,17-18,20H,7-8,15-16H2,1-3H3,(H2,29,30,31)/t20-/m1/s1. The summed E-state index contributed by atoms with van der Waals surface area (Å²) in [6, 6.07) is 17.7. The first-order chi connectivity index (χ1) is 17.3. The smallest absolute Gasteiger partial charge is 0.330 e. The molecule has 0 radical (unpaired) electrons. The molecule has 1 atom stereocenters. The van der Waals surface area contributed by atoms with E-state index in [1.165, 1.54) is 6.33 Å². The van der Waals surface area contributed by atoms with Gasteiger partial charge in [0.25, 0.3) is 0 Å². The second-order valence-corrected chi connectivity index (χ2v) is 10.2. The van der Waals surface area contributed by atoms with Gasteiger partial charge in [0.2, 0.25) is 0 Å². The van der Waals surface area contributed by atoms with Crippen molar-refractivity contribution in [3.63, 3.8) is 0 Å². The number of benzene rings is 2. The van der Waals surface area contributed by atoms with E-state index in [9.17, 15) is 4.79 Å². The Morgan fingerprint density at radius 2 is 1.75 bits per heavy atom. The van der Waals surface area contributed by atoms with Crippen LogP contribution in [0.2, 0.25) is 0 Å². The molecule has 0 saturated carbocycles. The molecule has 5 rings (SSSR count). The van der Waals surface area contributed by atoms with E-state index >= 15 is 0 Å². The highest BCUT2D eigenvalue weighted by Crippen LogP contribution is 2.37. The van der Waals surface area contributed by atoms with E-state index in [-0.39, 0.29) is 12.0 Å². The van der Waals surface area contributed by atoms with Gasteiger partial charge >= 0.3 is 5.97 Å². The van der Waals surface area contributed by atoms with E-state index in [2.05, 4.69) is 20.7 Å². The van der Waals surface area contributed by atoms with E-state index in [0.717, 1.165) is 46.5 Å². The highest BCUT2D eigenvalue weighted by atomic mass is 16.7. The first-order valence-electron chi connectivity index (χ1n) is 12.2. The van der Waals surface area contributed by atoms with Crippen molar-refractivity contribution in [2.45, 2.75) is 39.7 Å². The van der Waals surface area contributed by atoms with Gasteiger partial charge in [-0.15, -0.1) is 5.06 Å². The number of hydroxylamine groups is 2. The van der Waals surface area contributed by atoms with Crippen LogP contribution in [0.4, 0.5) is 5.82 Å².